The SMILES string of the molecule is Cc1nc(C#N)c2ccsc2n1. The van der Waals surface area contributed by atoms with Gasteiger partial charge in [0.15, 0.2) is 5.69 Å². The highest BCUT2D eigenvalue weighted by Gasteiger charge is 2.04. The van der Waals surface area contributed by atoms with Crippen molar-refractivity contribution in [1.82, 2.24) is 9.97 Å². The number of aromatic nitrogens is 2. The van der Waals surface area contributed by atoms with Gasteiger partial charge in [-0.15, -0.1) is 11.3 Å². The van der Waals surface area contributed by atoms with Crippen LogP contribution >= 0.6 is 11.3 Å². The maximum Gasteiger partial charge on any atom is 0.152 e. The topological polar surface area (TPSA) is 49.6 Å². The summed E-state index contributed by atoms with van der Waals surface area (Å²) in [5.41, 5.74) is 0.471. The van der Waals surface area contributed by atoms with Gasteiger partial charge in [0.25, 0.3) is 0 Å². The second-order valence-electron chi connectivity index (χ2n) is 2.37. The van der Waals surface area contributed by atoms with Crippen LogP contribution in [0.5, 0.6) is 0 Å². The van der Waals surface area contributed by atoms with E-state index in [4.69, 9.17) is 5.26 Å². The third kappa shape index (κ3) is 0.953. The summed E-state index contributed by atoms with van der Waals surface area (Å²) in [6.45, 7) is 1.79. The van der Waals surface area contributed by atoms with Crippen molar-refractivity contribution < 1.29 is 0 Å². The molecule has 0 aromatic carbocycles. The van der Waals surface area contributed by atoms with Gasteiger partial charge in [-0.25, -0.2) is 9.97 Å². The Morgan fingerprint density at radius 1 is 1.50 bits per heavy atom. The van der Waals surface area contributed by atoms with Crippen LogP contribution in [0.15, 0.2) is 11.4 Å². The maximum atomic E-state index is 8.74. The average Bonchev–Trinajstić information content (AvgIpc) is 2.50. The van der Waals surface area contributed by atoms with Gasteiger partial charge >= 0.3 is 0 Å². The van der Waals surface area contributed by atoms with E-state index in [1.165, 1.54) is 11.3 Å². The maximum absolute atomic E-state index is 8.74. The molecule has 0 N–H and O–H groups in total. The normalized spacial score (nSPS) is 10.0. The molecule has 0 atom stereocenters. The molecule has 2 aromatic heterocycles. The van der Waals surface area contributed by atoms with Crippen molar-refractivity contribution in [2.45, 2.75) is 6.92 Å². The molecule has 0 fully saturated rings. The molecule has 4 heteroatoms. The highest BCUT2D eigenvalue weighted by molar-refractivity contribution is 7.16. The summed E-state index contributed by atoms with van der Waals surface area (Å²) >= 11 is 1.53. The minimum atomic E-state index is 0.471. The molecule has 3 nitrogen and oxygen atoms in total. The lowest BCUT2D eigenvalue weighted by Gasteiger charge is -1.93. The molecule has 0 saturated carbocycles. The first-order valence-electron chi connectivity index (χ1n) is 3.43. The smallest absolute Gasteiger partial charge is 0.152 e. The number of nitriles is 1. The first-order chi connectivity index (χ1) is 5.81. The van der Waals surface area contributed by atoms with Crippen LogP contribution in [-0.2, 0) is 0 Å². The van der Waals surface area contributed by atoms with Gasteiger partial charge in [-0.1, -0.05) is 0 Å². The van der Waals surface area contributed by atoms with Gasteiger partial charge in [0, 0.05) is 5.39 Å². The summed E-state index contributed by atoms with van der Waals surface area (Å²) in [6.07, 6.45) is 0. The van der Waals surface area contributed by atoms with Crippen LogP contribution in [0.3, 0.4) is 0 Å². The number of nitrogens with zero attached hydrogens (tertiary/aromatic N) is 3. The van der Waals surface area contributed by atoms with Crippen molar-refractivity contribution in [2.24, 2.45) is 0 Å². The third-order valence-corrected chi connectivity index (χ3v) is 2.35. The summed E-state index contributed by atoms with van der Waals surface area (Å²) in [6, 6.07) is 3.93. The number of fused-ring (bicyclic) bond motifs is 1. The summed E-state index contributed by atoms with van der Waals surface area (Å²) in [5.74, 6) is 0.654. The zero-order valence-electron chi connectivity index (χ0n) is 6.40. The summed E-state index contributed by atoms with van der Waals surface area (Å²) < 4.78 is 0. The Bertz CT molecular complexity index is 467. The summed E-state index contributed by atoms with van der Waals surface area (Å²) in [5, 5.41) is 11.5. The van der Waals surface area contributed by atoms with E-state index in [-0.39, 0.29) is 0 Å². The van der Waals surface area contributed by atoms with Gasteiger partial charge in [0.1, 0.15) is 16.7 Å². The lowest BCUT2D eigenvalue weighted by molar-refractivity contribution is 1.08. The predicted molar refractivity (Wildman–Crippen MR) is 46.9 cm³/mol. The number of hydrogen-bond donors (Lipinski definition) is 0. The van der Waals surface area contributed by atoms with E-state index in [1.807, 2.05) is 11.4 Å². The molecule has 12 heavy (non-hydrogen) atoms. The fourth-order valence-corrected chi connectivity index (χ4v) is 1.86. The zero-order chi connectivity index (χ0) is 8.55. The van der Waals surface area contributed by atoms with E-state index >= 15 is 0 Å². The van der Waals surface area contributed by atoms with E-state index < -0.39 is 0 Å². The summed E-state index contributed by atoms with van der Waals surface area (Å²) in [7, 11) is 0. The quantitative estimate of drug-likeness (QED) is 0.614. The van der Waals surface area contributed by atoms with Crippen LogP contribution < -0.4 is 0 Å². The molecule has 0 unspecified atom stereocenters. The van der Waals surface area contributed by atoms with Crippen molar-refractivity contribution in [3.05, 3.63) is 23.0 Å². The number of aryl methyl sites for hydroxylation is 1. The Balaban J connectivity index is 2.91. The molecule has 0 aliphatic rings. The molecule has 0 radical (unpaired) electrons. The Hall–Kier alpha value is -1.47. The predicted octanol–water partition coefficient (Wildman–Crippen LogP) is 1.87. The van der Waals surface area contributed by atoms with Gasteiger partial charge in [0.05, 0.1) is 0 Å². The first-order valence-corrected chi connectivity index (χ1v) is 4.31. The van der Waals surface area contributed by atoms with Gasteiger partial charge in [-0.3, -0.25) is 0 Å². The zero-order valence-corrected chi connectivity index (χ0v) is 7.22. The van der Waals surface area contributed by atoms with Crippen molar-refractivity contribution in [3.8, 4) is 6.07 Å². The fourth-order valence-electron chi connectivity index (χ4n) is 1.05. The van der Waals surface area contributed by atoms with Crippen LogP contribution in [0.4, 0.5) is 0 Å². The Morgan fingerprint density at radius 3 is 3.08 bits per heavy atom. The van der Waals surface area contributed by atoms with Crippen molar-refractivity contribution in [2.75, 3.05) is 0 Å². The van der Waals surface area contributed by atoms with E-state index in [2.05, 4.69) is 16.0 Å². The molecule has 0 spiro atoms. The molecule has 0 aliphatic carbocycles. The highest BCUT2D eigenvalue weighted by Crippen LogP contribution is 2.20. The first kappa shape index (κ1) is 7.19. The van der Waals surface area contributed by atoms with E-state index in [0.29, 0.717) is 11.5 Å². The minimum Gasteiger partial charge on any atom is -0.222 e. The van der Waals surface area contributed by atoms with Crippen LogP contribution in [-0.4, -0.2) is 9.97 Å². The lowest BCUT2D eigenvalue weighted by atomic mass is 10.3. The summed E-state index contributed by atoms with van der Waals surface area (Å²) in [4.78, 5) is 9.12. The van der Waals surface area contributed by atoms with Gasteiger partial charge in [-0.05, 0) is 18.4 Å². The van der Waals surface area contributed by atoms with E-state index in [1.54, 1.807) is 6.92 Å². The fraction of sp³-hybridized carbons (Fsp3) is 0.125. The average molecular weight is 175 g/mol. The van der Waals surface area contributed by atoms with Gasteiger partial charge in [0.2, 0.25) is 0 Å². The molecule has 0 bridgehead atoms. The van der Waals surface area contributed by atoms with E-state index in [9.17, 15) is 0 Å². The Kier molecular flexibility index (Phi) is 1.52. The minimum absolute atomic E-state index is 0.471. The largest absolute Gasteiger partial charge is 0.222 e. The molecular formula is C8H5N3S. The van der Waals surface area contributed by atoms with Crippen LogP contribution in [0.1, 0.15) is 11.5 Å². The second-order valence-corrected chi connectivity index (χ2v) is 3.27. The molecule has 58 valence electrons. The Labute approximate surface area is 73.3 Å². The van der Waals surface area contributed by atoms with Gasteiger partial charge in [-0.2, -0.15) is 5.26 Å². The molecule has 0 aliphatic heterocycles. The highest BCUT2D eigenvalue weighted by atomic mass is 32.1. The molecule has 2 aromatic rings. The molecular weight excluding hydrogens is 170 g/mol. The molecule has 2 rings (SSSR count). The van der Waals surface area contributed by atoms with Crippen LogP contribution in [0, 0.1) is 18.3 Å². The Morgan fingerprint density at radius 2 is 2.33 bits per heavy atom. The number of rotatable bonds is 0. The van der Waals surface area contributed by atoms with Gasteiger partial charge < -0.3 is 0 Å². The third-order valence-electron chi connectivity index (χ3n) is 1.54. The number of hydrogen-bond acceptors (Lipinski definition) is 4. The molecule has 0 saturated heterocycles. The standard InChI is InChI=1S/C8H5N3S/c1-5-10-7(4-9)6-2-3-12-8(6)11-5/h2-3H,1H3. The van der Waals surface area contributed by atoms with E-state index in [0.717, 1.165) is 10.2 Å². The lowest BCUT2D eigenvalue weighted by Crippen LogP contribution is -1.90. The van der Waals surface area contributed by atoms with Crippen molar-refractivity contribution in [3.63, 3.8) is 0 Å². The van der Waals surface area contributed by atoms with Crippen molar-refractivity contribution >= 4 is 21.6 Å². The second kappa shape index (κ2) is 2.54. The van der Waals surface area contributed by atoms with Crippen LogP contribution in [0.2, 0.25) is 0 Å². The molecule has 0 amide bonds. The van der Waals surface area contributed by atoms with Crippen LogP contribution in [0.25, 0.3) is 10.2 Å². The number of thiophene rings is 1. The molecule has 2 heterocycles. The van der Waals surface area contributed by atoms with Crippen molar-refractivity contribution in [1.29, 1.82) is 5.26 Å². The monoisotopic (exact) mass is 175 g/mol.